The maximum Gasteiger partial charge on any atom is 0.251 e. The Labute approximate surface area is 142 Å². The molecule has 0 radical (unpaired) electrons. The number of aromatic nitrogens is 1. The molecule has 0 bridgehead atoms. The molecule has 0 saturated heterocycles. The highest BCUT2D eigenvalue weighted by Gasteiger charge is 2.16. The minimum absolute atomic E-state index is 0.154. The smallest absolute Gasteiger partial charge is 0.251 e. The summed E-state index contributed by atoms with van der Waals surface area (Å²) in [6.07, 6.45) is 9.00. The van der Waals surface area contributed by atoms with Gasteiger partial charge in [0.1, 0.15) is 0 Å². The van der Waals surface area contributed by atoms with Gasteiger partial charge >= 0.3 is 0 Å². The van der Waals surface area contributed by atoms with E-state index in [-0.39, 0.29) is 12.5 Å². The second-order valence-corrected chi connectivity index (χ2v) is 6.46. The average molecular weight is 324 g/mol. The predicted molar refractivity (Wildman–Crippen MR) is 93.8 cm³/mol. The van der Waals surface area contributed by atoms with Gasteiger partial charge in [-0.05, 0) is 54.2 Å². The molecule has 2 N–H and O–H groups in total. The molecule has 0 spiro atoms. The number of hydrogen-bond donors (Lipinski definition) is 2. The minimum Gasteiger partial charge on any atom is -0.387 e. The molecule has 1 atom stereocenters. The van der Waals surface area contributed by atoms with Crippen molar-refractivity contribution in [1.29, 1.82) is 0 Å². The molecule has 4 nitrogen and oxygen atoms in total. The first-order valence-electron chi connectivity index (χ1n) is 8.70. The van der Waals surface area contributed by atoms with Crippen molar-refractivity contribution in [1.82, 2.24) is 10.3 Å². The van der Waals surface area contributed by atoms with Gasteiger partial charge in [0.15, 0.2) is 0 Å². The number of benzene rings is 1. The zero-order chi connectivity index (χ0) is 16.8. The molecule has 1 fully saturated rings. The molecular formula is C20H24N2O2. The van der Waals surface area contributed by atoms with Crippen molar-refractivity contribution in [3.63, 3.8) is 0 Å². The molecule has 126 valence electrons. The molecule has 1 heterocycles. The molecule has 24 heavy (non-hydrogen) atoms. The van der Waals surface area contributed by atoms with Crippen LogP contribution in [0.1, 0.15) is 65.6 Å². The van der Waals surface area contributed by atoms with Crippen molar-refractivity contribution in [2.24, 2.45) is 0 Å². The van der Waals surface area contributed by atoms with Crippen molar-refractivity contribution in [3.8, 4) is 0 Å². The quantitative estimate of drug-likeness (QED) is 0.883. The van der Waals surface area contributed by atoms with Crippen LogP contribution in [0.15, 0.2) is 48.8 Å². The van der Waals surface area contributed by atoms with E-state index < -0.39 is 6.10 Å². The van der Waals surface area contributed by atoms with E-state index in [2.05, 4.69) is 22.4 Å². The average Bonchev–Trinajstić information content (AvgIpc) is 2.67. The highest BCUT2D eigenvalue weighted by atomic mass is 16.3. The standard InChI is InChI=1S/C20H24N2O2/c23-19(17-10-12-21-13-11-17)14-22-20(24)18-8-6-16(7-9-18)15-4-2-1-3-5-15/h6-13,15,19,23H,1-5,14H2,(H,22,24)/t19-/m1/s1. The maximum atomic E-state index is 12.2. The fourth-order valence-electron chi connectivity index (χ4n) is 3.34. The summed E-state index contributed by atoms with van der Waals surface area (Å²) < 4.78 is 0. The molecule has 1 aromatic carbocycles. The van der Waals surface area contributed by atoms with Gasteiger partial charge in [-0.15, -0.1) is 0 Å². The summed E-state index contributed by atoms with van der Waals surface area (Å²) in [7, 11) is 0. The molecule has 1 aliphatic rings. The number of aliphatic hydroxyl groups excluding tert-OH is 1. The first kappa shape index (κ1) is 16.7. The van der Waals surface area contributed by atoms with Crippen LogP contribution in [0.5, 0.6) is 0 Å². The van der Waals surface area contributed by atoms with Crippen molar-refractivity contribution in [3.05, 3.63) is 65.5 Å². The first-order valence-corrected chi connectivity index (χ1v) is 8.70. The lowest BCUT2D eigenvalue weighted by Crippen LogP contribution is -2.28. The number of aliphatic hydroxyl groups is 1. The number of amides is 1. The lowest BCUT2D eigenvalue weighted by molar-refractivity contribution is 0.0916. The summed E-state index contributed by atoms with van der Waals surface area (Å²) in [6, 6.07) is 11.4. The van der Waals surface area contributed by atoms with Crippen LogP contribution in [0.3, 0.4) is 0 Å². The molecular weight excluding hydrogens is 300 g/mol. The molecule has 0 aliphatic heterocycles. The van der Waals surface area contributed by atoms with Crippen LogP contribution in [0.4, 0.5) is 0 Å². The van der Waals surface area contributed by atoms with Gasteiger partial charge in [0.2, 0.25) is 0 Å². The summed E-state index contributed by atoms with van der Waals surface area (Å²) in [4.78, 5) is 16.2. The van der Waals surface area contributed by atoms with Crippen LogP contribution in [-0.4, -0.2) is 22.5 Å². The monoisotopic (exact) mass is 324 g/mol. The van der Waals surface area contributed by atoms with E-state index in [1.165, 1.54) is 37.7 Å². The van der Waals surface area contributed by atoms with E-state index in [4.69, 9.17) is 0 Å². The van der Waals surface area contributed by atoms with Crippen LogP contribution < -0.4 is 5.32 Å². The zero-order valence-electron chi connectivity index (χ0n) is 13.8. The Balaban J connectivity index is 1.55. The van der Waals surface area contributed by atoms with Crippen molar-refractivity contribution >= 4 is 5.91 Å². The van der Waals surface area contributed by atoms with Gasteiger partial charge in [-0.1, -0.05) is 31.4 Å². The lowest BCUT2D eigenvalue weighted by Gasteiger charge is -2.22. The molecule has 4 heteroatoms. The van der Waals surface area contributed by atoms with Crippen molar-refractivity contribution in [2.45, 2.75) is 44.1 Å². The van der Waals surface area contributed by atoms with Crippen LogP contribution >= 0.6 is 0 Å². The molecule has 3 rings (SSSR count). The van der Waals surface area contributed by atoms with E-state index in [0.29, 0.717) is 11.5 Å². The Morgan fingerprint density at radius 2 is 1.75 bits per heavy atom. The van der Waals surface area contributed by atoms with Crippen LogP contribution in [0, 0.1) is 0 Å². The van der Waals surface area contributed by atoms with Crippen LogP contribution in [0.2, 0.25) is 0 Å². The molecule has 1 amide bonds. The number of pyridine rings is 1. The normalized spacial score (nSPS) is 16.5. The van der Waals surface area contributed by atoms with Gasteiger partial charge in [-0.25, -0.2) is 0 Å². The van der Waals surface area contributed by atoms with E-state index in [1.54, 1.807) is 24.5 Å². The van der Waals surface area contributed by atoms with Gasteiger partial charge in [0.25, 0.3) is 5.91 Å². The number of carbonyl (C=O) groups is 1. The Morgan fingerprint density at radius 3 is 2.42 bits per heavy atom. The summed E-state index contributed by atoms with van der Waals surface area (Å²) in [5.41, 5.74) is 2.72. The molecule has 1 saturated carbocycles. The van der Waals surface area contributed by atoms with Crippen LogP contribution in [-0.2, 0) is 0 Å². The highest BCUT2D eigenvalue weighted by molar-refractivity contribution is 5.94. The fourth-order valence-corrected chi connectivity index (χ4v) is 3.34. The number of carbonyl (C=O) groups excluding carboxylic acids is 1. The van der Waals surface area contributed by atoms with Gasteiger partial charge < -0.3 is 10.4 Å². The zero-order valence-corrected chi connectivity index (χ0v) is 13.8. The first-order chi connectivity index (χ1) is 11.7. The summed E-state index contributed by atoms with van der Waals surface area (Å²) in [6.45, 7) is 0.188. The summed E-state index contributed by atoms with van der Waals surface area (Å²) in [5, 5.41) is 12.9. The van der Waals surface area contributed by atoms with Crippen molar-refractivity contribution in [2.75, 3.05) is 6.54 Å². The number of rotatable bonds is 5. The second-order valence-electron chi connectivity index (χ2n) is 6.46. The topological polar surface area (TPSA) is 62.2 Å². The van der Waals surface area contributed by atoms with Gasteiger partial charge in [0.05, 0.1) is 6.10 Å². The van der Waals surface area contributed by atoms with E-state index >= 15 is 0 Å². The third-order valence-electron chi connectivity index (χ3n) is 4.80. The Morgan fingerprint density at radius 1 is 1.08 bits per heavy atom. The minimum atomic E-state index is -0.724. The van der Waals surface area contributed by atoms with E-state index in [1.807, 2.05) is 12.1 Å². The summed E-state index contributed by atoms with van der Waals surface area (Å²) >= 11 is 0. The van der Waals surface area contributed by atoms with E-state index in [0.717, 1.165) is 5.56 Å². The maximum absolute atomic E-state index is 12.2. The highest BCUT2D eigenvalue weighted by Crippen LogP contribution is 2.32. The van der Waals surface area contributed by atoms with Gasteiger partial charge in [-0.3, -0.25) is 9.78 Å². The number of nitrogens with one attached hydrogen (secondary N) is 1. The van der Waals surface area contributed by atoms with Crippen LogP contribution in [0.25, 0.3) is 0 Å². The number of hydrogen-bond acceptors (Lipinski definition) is 3. The third kappa shape index (κ3) is 4.20. The molecule has 1 aromatic heterocycles. The molecule has 2 aromatic rings. The van der Waals surface area contributed by atoms with Crippen molar-refractivity contribution < 1.29 is 9.90 Å². The number of nitrogens with zero attached hydrogens (tertiary/aromatic N) is 1. The Hall–Kier alpha value is -2.20. The second kappa shape index (κ2) is 8.06. The Bertz CT molecular complexity index is 649. The lowest BCUT2D eigenvalue weighted by atomic mass is 9.84. The SMILES string of the molecule is O=C(NC[C@@H](O)c1ccncc1)c1ccc(C2CCCCC2)cc1. The summed E-state index contributed by atoms with van der Waals surface area (Å²) in [5.74, 6) is 0.489. The fraction of sp³-hybridized carbons (Fsp3) is 0.400. The van der Waals surface area contributed by atoms with Gasteiger partial charge in [-0.2, -0.15) is 0 Å². The molecule has 0 unspecified atom stereocenters. The van der Waals surface area contributed by atoms with Gasteiger partial charge in [0, 0.05) is 24.5 Å². The molecule has 1 aliphatic carbocycles. The third-order valence-corrected chi connectivity index (χ3v) is 4.80. The van der Waals surface area contributed by atoms with E-state index in [9.17, 15) is 9.90 Å². The predicted octanol–water partition coefficient (Wildman–Crippen LogP) is 3.59. The Kier molecular flexibility index (Phi) is 5.59. The largest absolute Gasteiger partial charge is 0.387 e.